The summed E-state index contributed by atoms with van der Waals surface area (Å²) in [6.45, 7) is 3.18. The molecule has 0 amide bonds. The van der Waals surface area contributed by atoms with Crippen molar-refractivity contribution in [2.75, 3.05) is 0 Å². The molecule has 7 heteroatoms. The van der Waals surface area contributed by atoms with Crippen molar-refractivity contribution in [1.82, 2.24) is 4.57 Å². The van der Waals surface area contributed by atoms with Crippen molar-refractivity contribution in [3.8, 4) is 0 Å². The van der Waals surface area contributed by atoms with E-state index in [0.717, 1.165) is 0 Å². The van der Waals surface area contributed by atoms with Crippen molar-refractivity contribution in [1.29, 1.82) is 0 Å². The van der Waals surface area contributed by atoms with Gasteiger partial charge in [-0.25, -0.2) is 13.6 Å². The fourth-order valence-corrected chi connectivity index (χ4v) is 3.17. The molecule has 0 fully saturated rings. The molecule has 6 nitrogen and oxygen atoms in total. The average Bonchev–Trinajstić information content (AvgIpc) is 2.49. The van der Waals surface area contributed by atoms with E-state index in [1.165, 1.54) is 6.92 Å². The van der Waals surface area contributed by atoms with Crippen molar-refractivity contribution in [3.05, 3.63) is 17.0 Å². The number of primary sulfonamides is 1. The van der Waals surface area contributed by atoms with Crippen LogP contribution >= 0.6 is 0 Å². The molecule has 0 aromatic carbocycles. The number of ketones is 1. The number of hydrogen-bond donors (Lipinski definition) is 2. The molecule has 1 aromatic heterocycles. The minimum atomic E-state index is -3.95. The third-order valence-electron chi connectivity index (χ3n) is 2.75. The van der Waals surface area contributed by atoms with Gasteiger partial charge in [-0.1, -0.05) is 6.92 Å². The second kappa shape index (κ2) is 4.59. The van der Waals surface area contributed by atoms with Crippen molar-refractivity contribution >= 4 is 15.8 Å². The first kappa shape index (κ1) is 13.9. The van der Waals surface area contributed by atoms with Crippen LogP contribution in [0.5, 0.6) is 0 Å². The molecule has 1 rings (SSSR count). The highest BCUT2D eigenvalue weighted by Crippen LogP contribution is 2.26. The lowest BCUT2D eigenvalue weighted by molar-refractivity contribution is 0.101. The van der Waals surface area contributed by atoms with Gasteiger partial charge in [0, 0.05) is 19.3 Å². The SMILES string of the molecule is CCc1c(C(C)=O)c(S(N)(=O)=O)c(CN)n1C. The Labute approximate surface area is 101 Å². The number of carbonyl (C=O) groups excluding carboxylic acids is 1. The quantitative estimate of drug-likeness (QED) is 0.736. The fourth-order valence-electron chi connectivity index (χ4n) is 2.07. The maximum absolute atomic E-state index is 11.6. The molecule has 0 radical (unpaired) electrons. The average molecular weight is 259 g/mol. The maximum atomic E-state index is 11.6. The van der Waals surface area contributed by atoms with E-state index in [-0.39, 0.29) is 22.8 Å². The molecule has 0 spiro atoms. The summed E-state index contributed by atoms with van der Waals surface area (Å²) in [5.41, 5.74) is 6.71. The van der Waals surface area contributed by atoms with E-state index in [9.17, 15) is 13.2 Å². The third-order valence-corrected chi connectivity index (χ3v) is 3.76. The molecular formula is C10H17N3O3S. The zero-order valence-corrected chi connectivity index (χ0v) is 11.0. The molecule has 0 aliphatic heterocycles. The molecule has 0 aliphatic rings. The van der Waals surface area contributed by atoms with Crippen molar-refractivity contribution < 1.29 is 13.2 Å². The van der Waals surface area contributed by atoms with Gasteiger partial charge in [-0.3, -0.25) is 4.79 Å². The Balaban J connectivity index is 3.84. The first-order valence-corrected chi connectivity index (χ1v) is 6.74. The number of nitrogens with two attached hydrogens (primary N) is 2. The third kappa shape index (κ3) is 2.26. The number of sulfonamides is 1. The summed E-state index contributed by atoms with van der Waals surface area (Å²) in [5.74, 6) is -0.318. The molecule has 0 saturated heterocycles. The lowest BCUT2D eigenvalue weighted by atomic mass is 10.1. The highest BCUT2D eigenvalue weighted by molar-refractivity contribution is 7.89. The summed E-state index contributed by atoms with van der Waals surface area (Å²) in [5, 5.41) is 5.16. The Hall–Kier alpha value is -1.18. The molecule has 0 aliphatic carbocycles. The summed E-state index contributed by atoms with van der Waals surface area (Å²) in [7, 11) is -2.27. The van der Waals surface area contributed by atoms with Gasteiger partial charge in [-0.05, 0) is 13.3 Å². The molecule has 96 valence electrons. The van der Waals surface area contributed by atoms with E-state index in [0.29, 0.717) is 17.8 Å². The molecular weight excluding hydrogens is 242 g/mol. The Morgan fingerprint density at radius 1 is 1.35 bits per heavy atom. The Morgan fingerprint density at radius 2 is 1.88 bits per heavy atom. The van der Waals surface area contributed by atoms with Crippen LogP contribution in [0.15, 0.2) is 4.90 Å². The number of Topliss-reactive ketones (excluding diaryl/α,β-unsaturated/α-hetero) is 1. The smallest absolute Gasteiger partial charge is 0.240 e. The van der Waals surface area contributed by atoms with Crippen LogP contribution in [0.4, 0.5) is 0 Å². The highest BCUT2D eigenvalue weighted by atomic mass is 32.2. The lowest BCUT2D eigenvalue weighted by Crippen LogP contribution is -2.18. The first-order chi connectivity index (χ1) is 7.75. The summed E-state index contributed by atoms with van der Waals surface area (Å²) in [6, 6.07) is 0. The van der Waals surface area contributed by atoms with Crippen LogP contribution in [0, 0.1) is 0 Å². The monoisotopic (exact) mass is 259 g/mol. The van der Waals surface area contributed by atoms with Gasteiger partial charge < -0.3 is 10.3 Å². The minimum absolute atomic E-state index is 0.0164. The van der Waals surface area contributed by atoms with Crippen molar-refractivity contribution in [2.45, 2.75) is 31.7 Å². The topological polar surface area (TPSA) is 108 Å². The van der Waals surface area contributed by atoms with Crippen LogP contribution in [0.1, 0.15) is 35.6 Å². The van der Waals surface area contributed by atoms with Gasteiger partial charge >= 0.3 is 0 Å². The molecule has 1 aromatic rings. The van der Waals surface area contributed by atoms with Crippen LogP contribution in [0.3, 0.4) is 0 Å². The number of rotatable bonds is 4. The van der Waals surface area contributed by atoms with Gasteiger partial charge in [-0.2, -0.15) is 0 Å². The number of hydrogen-bond acceptors (Lipinski definition) is 4. The minimum Gasteiger partial charge on any atom is -0.349 e. The van der Waals surface area contributed by atoms with Crippen LogP contribution in [0.2, 0.25) is 0 Å². The van der Waals surface area contributed by atoms with Gasteiger partial charge in [0.25, 0.3) is 0 Å². The Bertz CT molecular complexity index is 558. The number of nitrogens with zero attached hydrogens (tertiary/aromatic N) is 1. The van der Waals surface area contributed by atoms with Crippen LogP contribution < -0.4 is 10.9 Å². The predicted molar refractivity (Wildman–Crippen MR) is 64.1 cm³/mol. The molecule has 17 heavy (non-hydrogen) atoms. The summed E-state index contributed by atoms with van der Waals surface area (Å²) in [4.78, 5) is 11.5. The van der Waals surface area contributed by atoms with E-state index < -0.39 is 10.0 Å². The second-order valence-electron chi connectivity index (χ2n) is 3.82. The van der Waals surface area contributed by atoms with Crippen molar-refractivity contribution in [2.24, 2.45) is 17.9 Å². The van der Waals surface area contributed by atoms with E-state index in [1.807, 2.05) is 6.92 Å². The summed E-state index contributed by atoms with van der Waals surface area (Å²) >= 11 is 0. The Kier molecular flexibility index (Phi) is 3.75. The van der Waals surface area contributed by atoms with Gasteiger partial charge in [-0.15, -0.1) is 0 Å². The van der Waals surface area contributed by atoms with Gasteiger partial charge in [0.15, 0.2) is 5.78 Å². The molecule has 0 atom stereocenters. The molecule has 0 saturated carbocycles. The fraction of sp³-hybridized carbons (Fsp3) is 0.500. The molecule has 4 N–H and O–H groups in total. The van der Waals surface area contributed by atoms with Gasteiger partial charge in [0.1, 0.15) is 4.90 Å². The van der Waals surface area contributed by atoms with Crippen LogP contribution in [-0.4, -0.2) is 18.8 Å². The van der Waals surface area contributed by atoms with Crippen LogP contribution in [-0.2, 0) is 30.0 Å². The lowest BCUT2D eigenvalue weighted by Gasteiger charge is -2.04. The zero-order valence-electron chi connectivity index (χ0n) is 10.1. The standard InChI is InChI=1S/C10H17N3O3S/c1-4-7-9(6(2)14)10(17(12,15)16)8(5-11)13(7)3/h4-5,11H2,1-3H3,(H2,12,15,16). The van der Waals surface area contributed by atoms with E-state index in [4.69, 9.17) is 10.9 Å². The molecule has 0 unspecified atom stereocenters. The summed E-state index contributed by atoms with van der Waals surface area (Å²) < 4.78 is 24.8. The van der Waals surface area contributed by atoms with E-state index >= 15 is 0 Å². The maximum Gasteiger partial charge on any atom is 0.240 e. The molecule has 0 bridgehead atoms. The Morgan fingerprint density at radius 3 is 2.18 bits per heavy atom. The number of carbonyl (C=O) groups is 1. The highest BCUT2D eigenvalue weighted by Gasteiger charge is 2.28. The molecule has 1 heterocycles. The predicted octanol–water partition coefficient (Wildman–Crippen LogP) is -0.104. The second-order valence-corrected chi connectivity index (χ2v) is 5.31. The van der Waals surface area contributed by atoms with E-state index in [1.54, 1.807) is 11.6 Å². The zero-order chi connectivity index (χ0) is 13.4. The first-order valence-electron chi connectivity index (χ1n) is 5.19. The van der Waals surface area contributed by atoms with E-state index in [2.05, 4.69) is 0 Å². The number of aromatic nitrogens is 1. The summed E-state index contributed by atoms with van der Waals surface area (Å²) in [6.07, 6.45) is 0.536. The largest absolute Gasteiger partial charge is 0.349 e. The van der Waals surface area contributed by atoms with Gasteiger partial charge in [0.2, 0.25) is 10.0 Å². The van der Waals surface area contributed by atoms with Gasteiger partial charge in [0.05, 0.1) is 11.3 Å². The van der Waals surface area contributed by atoms with Crippen LogP contribution in [0.25, 0.3) is 0 Å². The normalized spacial score (nSPS) is 11.8. The van der Waals surface area contributed by atoms with Crippen molar-refractivity contribution in [3.63, 3.8) is 0 Å².